The molecule has 28 heavy (non-hydrogen) atoms. The van der Waals surface area contributed by atoms with Gasteiger partial charge < -0.3 is 10.1 Å². The van der Waals surface area contributed by atoms with E-state index in [1.807, 2.05) is 0 Å². The van der Waals surface area contributed by atoms with Crippen LogP contribution in [0, 0.1) is 0 Å². The molecule has 3 aromatic rings. The van der Waals surface area contributed by atoms with Gasteiger partial charge in [0.15, 0.2) is 6.61 Å². The number of benzene rings is 1. The summed E-state index contributed by atoms with van der Waals surface area (Å²) in [6, 6.07) is 4.49. The maximum absolute atomic E-state index is 12.9. The number of carbonyl (C=O) groups is 2. The highest BCUT2D eigenvalue weighted by Gasteiger charge is 2.33. The van der Waals surface area contributed by atoms with Crippen molar-refractivity contribution in [2.75, 3.05) is 11.9 Å². The Balaban J connectivity index is 1.63. The number of hydrogen-bond acceptors (Lipinski definition) is 7. The zero-order valence-electron chi connectivity index (χ0n) is 13.6. The fraction of sp³-hybridized carbons (Fsp3) is 0.133. The number of rotatable bonds is 5. The third kappa shape index (κ3) is 4.46. The number of amides is 1. The maximum atomic E-state index is 12.9. The number of nitrogens with zero attached hydrogens (tertiary/aromatic N) is 4. The Morgan fingerprint density at radius 3 is 2.75 bits per heavy atom. The summed E-state index contributed by atoms with van der Waals surface area (Å²) < 4.78 is 44.7. The Labute approximate surface area is 163 Å². The second-order valence-electron chi connectivity index (χ2n) is 5.21. The smallest absolute Gasteiger partial charge is 0.417 e. The molecule has 0 radical (unpaired) electrons. The van der Waals surface area contributed by atoms with Crippen molar-refractivity contribution in [3.8, 4) is 5.69 Å². The van der Waals surface area contributed by atoms with Crippen LogP contribution in [0.5, 0.6) is 0 Å². The molecule has 1 aromatic carbocycles. The maximum Gasteiger partial charge on any atom is 0.417 e. The van der Waals surface area contributed by atoms with Gasteiger partial charge in [0.1, 0.15) is 11.2 Å². The summed E-state index contributed by atoms with van der Waals surface area (Å²) in [5, 5.41) is 13.9. The Kier molecular flexibility index (Phi) is 5.61. The van der Waals surface area contributed by atoms with Gasteiger partial charge in [-0.05, 0) is 40.1 Å². The van der Waals surface area contributed by atoms with Crippen LogP contribution in [0.1, 0.15) is 15.2 Å². The lowest BCUT2D eigenvalue weighted by molar-refractivity contribution is -0.137. The minimum Gasteiger partial charge on any atom is -0.451 e. The molecule has 0 bridgehead atoms. The van der Waals surface area contributed by atoms with E-state index in [1.54, 1.807) is 11.4 Å². The molecule has 0 saturated carbocycles. The Hall–Kier alpha value is -2.99. The van der Waals surface area contributed by atoms with E-state index in [0.29, 0.717) is 11.8 Å². The molecule has 1 amide bonds. The van der Waals surface area contributed by atoms with Crippen LogP contribution in [0.4, 0.5) is 18.9 Å². The topological polar surface area (TPSA) is 99.0 Å². The lowest BCUT2D eigenvalue weighted by Gasteiger charge is -2.12. The van der Waals surface area contributed by atoms with Gasteiger partial charge in [0.05, 0.1) is 16.3 Å². The van der Waals surface area contributed by atoms with Crippen LogP contribution in [0.2, 0.25) is 5.02 Å². The second kappa shape index (κ2) is 7.94. The van der Waals surface area contributed by atoms with E-state index in [0.717, 1.165) is 17.4 Å². The average Bonchev–Trinajstić information content (AvgIpc) is 3.31. The Morgan fingerprint density at radius 1 is 1.29 bits per heavy atom. The van der Waals surface area contributed by atoms with Crippen molar-refractivity contribution in [1.82, 2.24) is 20.2 Å². The first-order valence-electron chi connectivity index (χ1n) is 7.40. The zero-order valence-corrected chi connectivity index (χ0v) is 15.2. The van der Waals surface area contributed by atoms with E-state index in [2.05, 4.69) is 20.8 Å². The molecule has 0 aliphatic rings. The highest BCUT2D eigenvalue weighted by molar-refractivity contribution is 7.12. The summed E-state index contributed by atoms with van der Waals surface area (Å²) in [7, 11) is 0. The van der Waals surface area contributed by atoms with E-state index in [9.17, 15) is 22.8 Å². The Morgan fingerprint density at radius 2 is 2.07 bits per heavy atom. The summed E-state index contributed by atoms with van der Waals surface area (Å²) in [6.07, 6.45) is -3.39. The number of anilines is 1. The third-order valence-electron chi connectivity index (χ3n) is 3.32. The molecule has 0 spiro atoms. The van der Waals surface area contributed by atoms with Crippen molar-refractivity contribution in [2.45, 2.75) is 6.18 Å². The minimum atomic E-state index is -4.67. The van der Waals surface area contributed by atoms with Crippen LogP contribution in [0.15, 0.2) is 36.0 Å². The monoisotopic (exact) mass is 431 g/mol. The molecule has 0 atom stereocenters. The lowest BCUT2D eigenvalue weighted by Crippen LogP contribution is -2.21. The van der Waals surface area contributed by atoms with E-state index in [4.69, 9.17) is 16.3 Å². The van der Waals surface area contributed by atoms with E-state index >= 15 is 0 Å². The molecule has 13 heteroatoms. The van der Waals surface area contributed by atoms with E-state index in [1.165, 1.54) is 17.1 Å². The molecule has 2 aromatic heterocycles. The van der Waals surface area contributed by atoms with Gasteiger partial charge >= 0.3 is 12.1 Å². The molecule has 8 nitrogen and oxygen atoms in total. The van der Waals surface area contributed by atoms with Crippen molar-refractivity contribution in [3.05, 3.63) is 51.4 Å². The van der Waals surface area contributed by atoms with Gasteiger partial charge in [-0.25, -0.2) is 4.79 Å². The van der Waals surface area contributed by atoms with Crippen LogP contribution in [-0.4, -0.2) is 38.7 Å². The standard InChI is InChI=1S/C15H9ClF3N5O3S/c16-10-2-1-8(5-9(10)15(17,18)19)21-12(25)6-27-14(26)13-11(3-4-28-13)24-7-20-22-23-24/h1-5,7H,6H2,(H,21,25). The van der Waals surface area contributed by atoms with Crippen molar-refractivity contribution in [3.63, 3.8) is 0 Å². The number of hydrogen-bond donors (Lipinski definition) is 1. The van der Waals surface area contributed by atoms with Crippen molar-refractivity contribution in [2.24, 2.45) is 0 Å². The van der Waals surface area contributed by atoms with Crippen LogP contribution in [0.3, 0.4) is 0 Å². The van der Waals surface area contributed by atoms with Crippen molar-refractivity contribution < 1.29 is 27.5 Å². The number of ether oxygens (including phenoxy) is 1. The number of alkyl halides is 3. The molecule has 0 unspecified atom stereocenters. The lowest BCUT2D eigenvalue weighted by atomic mass is 10.2. The zero-order chi connectivity index (χ0) is 20.3. The van der Waals surface area contributed by atoms with Gasteiger partial charge in [-0.1, -0.05) is 11.6 Å². The first-order chi connectivity index (χ1) is 13.3. The average molecular weight is 432 g/mol. The fourth-order valence-corrected chi connectivity index (χ4v) is 3.12. The molecule has 2 heterocycles. The molecule has 146 valence electrons. The van der Waals surface area contributed by atoms with Crippen molar-refractivity contribution >= 4 is 40.5 Å². The number of esters is 1. The van der Waals surface area contributed by atoms with E-state index < -0.39 is 35.2 Å². The second-order valence-corrected chi connectivity index (χ2v) is 6.53. The van der Waals surface area contributed by atoms with Gasteiger partial charge in [-0.2, -0.15) is 17.9 Å². The number of carbonyl (C=O) groups excluding carboxylic acids is 2. The Bertz CT molecular complexity index is 1010. The summed E-state index contributed by atoms with van der Waals surface area (Å²) in [5.41, 5.74) is -0.857. The number of nitrogens with one attached hydrogen (secondary N) is 1. The summed E-state index contributed by atoms with van der Waals surface area (Å²) in [4.78, 5) is 24.2. The number of thiophene rings is 1. The summed E-state index contributed by atoms with van der Waals surface area (Å²) in [5.74, 6) is -1.62. The van der Waals surface area contributed by atoms with Crippen LogP contribution < -0.4 is 5.32 Å². The van der Waals surface area contributed by atoms with Gasteiger partial charge in [-0.3, -0.25) is 4.79 Å². The first-order valence-corrected chi connectivity index (χ1v) is 8.66. The highest BCUT2D eigenvalue weighted by atomic mass is 35.5. The van der Waals surface area contributed by atoms with Gasteiger partial charge in [-0.15, -0.1) is 16.4 Å². The molecule has 3 rings (SSSR count). The first kappa shape index (κ1) is 19.8. The van der Waals surface area contributed by atoms with Crippen LogP contribution in [0.25, 0.3) is 5.69 Å². The molecule has 0 saturated heterocycles. The summed E-state index contributed by atoms with van der Waals surface area (Å²) >= 11 is 6.57. The van der Waals surface area contributed by atoms with E-state index in [-0.39, 0.29) is 10.6 Å². The van der Waals surface area contributed by atoms with Gasteiger partial charge in [0.2, 0.25) is 0 Å². The molecule has 0 aliphatic carbocycles. The largest absolute Gasteiger partial charge is 0.451 e. The minimum absolute atomic E-state index is 0.136. The summed E-state index contributed by atoms with van der Waals surface area (Å²) in [6.45, 7) is -0.699. The molecule has 0 fully saturated rings. The number of tetrazole rings is 1. The normalized spacial score (nSPS) is 11.3. The molecular formula is C15H9ClF3N5O3S. The third-order valence-corrected chi connectivity index (χ3v) is 4.53. The number of halogens is 4. The molecule has 1 N–H and O–H groups in total. The van der Waals surface area contributed by atoms with Crippen LogP contribution in [-0.2, 0) is 15.7 Å². The molecule has 0 aliphatic heterocycles. The predicted molar refractivity (Wildman–Crippen MR) is 92.4 cm³/mol. The van der Waals surface area contributed by atoms with Crippen molar-refractivity contribution in [1.29, 1.82) is 0 Å². The van der Waals surface area contributed by atoms with Crippen LogP contribution >= 0.6 is 22.9 Å². The van der Waals surface area contributed by atoms with Gasteiger partial charge in [0, 0.05) is 5.69 Å². The highest BCUT2D eigenvalue weighted by Crippen LogP contribution is 2.36. The fourth-order valence-electron chi connectivity index (χ4n) is 2.12. The quantitative estimate of drug-likeness (QED) is 0.623. The predicted octanol–water partition coefficient (Wildman–Crippen LogP) is 3.19. The molecular weight excluding hydrogens is 423 g/mol. The van der Waals surface area contributed by atoms with Gasteiger partial charge in [0.25, 0.3) is 5.91 Å². The number of aromatic nitrogens is 4. The SMILES string of the molecule is O=C(COC(=O)c1sccc1-n1cnnn1)Nc1ccc(Cl)c(C(F)(F)F)c1.